The molecule has 102 valence electrons. The first-order chi connectivity index (χ1) is 9.70. The van der Waals surface area contributed by atoms with Crippen LogP contribution in [0.5, 0.6) is 0 Å². The smallest absolute Gasteiger partial charge is 0.114 e. The number of nitrogens with zero attached hydrogens (tertiary/aromatic N) is 2. The van der Waals surface area contributed by atoms with Gasteiger partial charge in [-0.1, -0.05) is 28.1 Å². The average Bonchev–Trinajstić information content (AvgIpc) is 2.89. The van der Waals surface area contributed by atoms with Crippen LogP contribution < -0.4 is 5.32 Å². The minimum Gasteiger partial charge on any atom is -0.307 e. The Balaban J connectivity index is 2.20. The zero-order chi connectivity index (χ0) is 14.1. The van der Waals surface area contributed by atoms with E-state index in [1.165, 1.54) is 0 Å². The standard InChI is InChI=1S/C15H14BrN3S/c1-9-8-20-15(19-9)14(17-2)11-5-6-12(16)10-4-3-7-18-13(10)11/h3-8,14,17H,1-2H3. The van der Waals surface area contributed by atoms with Crippen LogP contribution >= 0.6 is 27.3 Å². The molecule has 0 aliphatic rings. The zero-order valence-electron chi connectivity index (χ0n) is 11.2. The number of nitrogens with one attached hydrogen (secondary N) is 1. The summed E-state index contributed by atoms with van der Waals surface area (Å²) in [5.74, 6) is 0. The fourth-order valence-electron chi connectivity index (χ4n) is 2.31. The predicted octanol–water partition coefficient (Wildman–Crippen LogP) is 4.07. The van der Waals surface area contributed by atoms with E-state index in [0.29, 0.717) is 0 Å². The molecule has 3 aromatic rings. The second-order valence-electron chi connectivity index (χ2n) is 4.58. The molecule has 0 bridgehead atoms. The summed E-state index contributed by atoms with van der Waals surface area (Å²) in [5.41, 5.74) is 3.22. The van der Waals surface area contributed by atoms with Crippen molar-refractivity contribution >= 4 is 38.2 Å². The number of rotatable bonds is 3. The number of hydrogen-bond acceptors (Lipinski definition) is 4. The molecule has 0 radical (unpaired) electrons. The van der Waals surface area contributed by atoms with Crippen molar-refractivity contribution in [2.24, 2.45) is 0 Å². The number of halogens is 1. The Bertz CT molecular complexity index is 754. The average molecular weight is 348 g/mol. The Labute approximate surface area is 130 Å². The van der Waals surface area contributed by atoms with Crippen molar-refractivity contribution in [3.63, 3.8) is 0 Å². The summed E-state index contributed by atoms with van der Waals surface area (Å²) >= 11 is 5.27. The second-order valence-corrected chi connectivity index (χ2v) is 6.33. The van der Waals surface area contributed by atoms with E-state index in [0.717, 1.165) is 31.6 Å². The lowest BCUT2D eigenvalue weighted by Gasteiger charge is -2.16. The molecule has 0 fully saturated rings. The number of aromatic nitrogens is 2. The monoisotopic (exact) mass is 347 g/mol. The van der Waals surface area contributed by atoms with Crippen LogP contribution in [0.2, 0.25) is 0 Å². The van der Waals surface area contributed by atoms with Crippen LogP contribution in [0.1, 0.15) is 22.3 Å². The van der Waals surface area contributed by atoms with Crippen LogP contribution in [-0.2, 0) is 0 Å². The molecule has 0 saturated carbocycles. The number of hydrogen-bond donors (Lipinski definition) is 1. The molecule has 1 aromatic carbocycles. The maximum absolute atomic E-state index is 4.60. The molecule has 0 amide bonds. The quantitative estimate of drug-likeness (QED) is 0.775. The van der Waals surface area contributed by atoms with Gasteiger partial charge in [0.2, 0.25) is 0 Å². The maximum atomic E-state index is 4.60. The van der Waals surface area contributed by atoms with Crippen LogP contribution in [0, 0.1) is 6.92 Å². The molecular formula is C15H14BrN3S. The molecule has 0 aliphatic carbocycles. The summed E-state index contributed by atoms with van der Waals surface area (Å²) in [5, 5.41) is 7.62. The topological polar surface area (TPSA) is 37.8 Å². The highest BCUT2D eigenvalue weighted by molar-refractivity contribution is 9.10. The van der Waals surface area contributed by atoms with Crippen LogP contribution in [0.3, 0.4) is 0 Å². The van der Waals surface area contributed by atoms with Gasteiger partial charge in [-0.25, -0.2) is 4.98 Å². The first-order valence-corrected chi connectivity index (χ1v) is 8.00. The van der Waals surface area contributed by atoms with Crippen LogP contribution in [0.4, 0.5) is 0 Å². The molecule has 1 atom stereocenters. The van der Waals surface area contributed by atoms with E-state index in [1.54, 1.807) is 11.3 Å². The molecule has 3 nitrogen and oxygen atoms in total. The third-order valence-corrected chi connectivity index (χ3v) is 4.95. The number of aryl methyl sites for hydroxylation is 1. The SMILES string of the molecule is CNC(c1nc(C)cs1)c1ccc(Br)c2cccnc12. The molecule has 0 saturated heterocycles. The predicted molar refractivity (Wildman–Crippen MR) is 87.2 cm³/mol. The molecule has 0 aliphatic heterocycles. The second kappa shape index (κ2) is 5.60. The van der Waals surface area contributed by atoms with E-state index in [4.69, 9.17) is 0 Å². The highest BCUT2D eigenvalue weighted by atomic mass is 79.9. The Morgan fingerprint density at radius 2 is 2.15 bits per heavy atom. The minimum atomic E-state index is 0.0687. The van der Waals surface area contributed by atoms with Gasteiger partial charge in [-0.2, -0.15) is 0 Å². The molecule has 1 unspecified atom stereocenters. The molecule has 20 heavy (non-hydrogen) atoms. The van der Waals surface area contributed by atoms with Gasteiger partial charge in [-0.15, -0.1) is 11.3 Å². The fraction of sp³-hybridized carbons (Fsp3) is 0.200. The van der Waals surface area contributed by atoms with Gasteiger partial charge in [0.1, 0.15) is 5.01 Å². The molecular weight excluding hydrogens is 334 g/mol. The summed E-state index contributed by atoms with van der Waals surface area (Å²) in [7, 11) is 1.96. The first kappa shape index (κ1) is 13.7. The maximum Gasteiger partial charge on any atom is 0.114 e. The van der Waals surface area contributed by atoms with Crippen molar-refractivity contribution in [1.29, 1.82) is 0 Å². The number of fused-ring (bicyclic) bond motifs is 1. The van der Waals surface area contributed by atoms with Gasteiger partial charge < -0.3 is 5.32 Å². The van der Waals surface area contributed by atoms with Crippen molar-refractivity contribution in [2.45, 2.75) is 13.0 Å². The summed E-state index contributed by atoms with van der Waals surface area (Å²) in [4.78, 5) is 9.15. The van der Waals surface area contributed by atoms with E-state index in [9.17, 15) is 0 Å². The van der Waals surface area contributed by atoms with Crippen molar-refractivity contribution in [1.82, 2.24) is 15.3 Å². The molecule has 0 spiro atoms. The van der Waals surface area contributed by atoms with Gasteiger partial charge in [0.05, 0.1) is 11.6 Å². The van der Waals surface area contributed by atoms with E-state index >= 15 is 0 Å². The van der Waals surface area contributed by atoms with Crippen molar-refractivity contribution in [2.75, 3.05) is 7.05 Å². The zero-order valence-corrected chi connectivity index (χ0v) is 13.6. The summed E-state index contributed by atoms with van der Waals surface area (Å²) < 4.78 is 1.06. The Morgan fingerprint density at radius 3 is 2.85 bits per heavy atom. The highest BCUT2D eigenvalue weighted by Crippen LogP contribution is 2.32. The lowest BCUT2D eigenvalue weighted by atomic mass is 10.0. The summed E-state index contributed by atoms with van der Waals surface area (Å²) in [6.07, 6.45) is 1.83. The van der Waals surface area contributed by atoms with Crippen LogP contribution in [0.25, 0.3) is 10.9 Å². The first-order valence-electron chi connectivity index (χ1n) is 6.33. The highest BCUT2D eigenvalue weighted by Gasteiger charge is 2.19. The van der Waals surface area contributed by atoms with E-state index in [1.807, 2.05) is 26.2 Å². The Kier molecular flexibility index (Phi) is 3.83. The van der Waals surface area contributed by atoms with Gasteiger partial charge in [0.25, 0.3) is 0 Å². The summed E-state index contributed by atoms with van der Waals surface area (Å²) in [6, 6.07) is 8.29. The van der Waals surface area contributed by atoms with Crippen molar-refractivity contribution < 1.29 is 0 Å². The van der Waals surface area contributed by atoms with E-state index < -0.39 is 0 Å². The minimum absolute atomic E-state index is 0.0687. The van der Waals surface area contributed by atoms with Gasteiger partial charge in [0.15, 0.2) is 0 Å². The van der Waals surface area contributed by atoms with Crippen LogP contribution in [-0.4, -0.2) is 17.0 Å². The van der Waals surface area contributed by atoms with Crippen molar-refractivity contribution in [3.05, 3.63) is 56.6 Å². The third-order valence-electron chi connectivity index (χ3n) is 3.23. The lowest BCUT2D eigenvalue weighted by Crippen LogP contribution is -2.18. The lowest BCUT2D eigenvalue weighted by molar-refractivity contribution is 0.688. The van der Waals surface area contributed by atoms with Gasteiger partial charge in [-0.3, -0.25) is 4.98 Å². The largest absolute Gasteiger partial charge is 0.307 e. The fourth-order valence-corrected chi connectivity index (χ4v) is 3.68. The Hall–Kier alpha value is -1.30. The molecule has 2 heterocycles. The van der Waals surface area contributed by atoms with Crippen LogP contribution in [0.15, 0.2) is 40.3 Å². The number of benzene rings is 1. The van der Waals surface area contributed by atoms with E-state index in [-0.39, 0.29) is 6.04 Å². The van der Waals surface area contributed by atoms with Gasteiger partial charge >= 0.3 is 0 Å². The molecule has 3 rings (SSSR count). The Morgan fingerprint density at radius 1 is 1.30 bits per heavy atom. The number of thiazole rings is 1. The normalized spacial score (nSPS) is 12.8. The molecule has 5 heteroatoms. The third kappa shape index (κ3) is 2.37. The van der Waals surface area contributed by atoms with E-state index in [2.05, 4.69) is 54.8 Å². The van der Waals surface area contributed by atoms with Gasteiger partial charge in [0, 0.05) is 32.7 Å². The van der Waals surface area contributed by atoms with Crippen molar-refractivity contribution in [3.8, 4) is 0 Å². The molecule has 1 N–H and O–H groups in total. The number of pyridine rings is 1. The van der Waals surface area contributed by atoms with Gasteiger partial charge in [-0.05, 0) is 26.1 Å². The molecule has 2 aromatic heterocycles. The summed E-state index contributed by atoms with van der Waals surface area (Å²) in [6.45, 7) is 2.02.